The van der Waals surface area contributed by atoms with Crippen LogP contribution in [0.4, 0.5) is 0 Å². The Morgan fingerprint density at radius 1 is 0.914 bits per heavy atom. The first kappa shape index (κ1) is 23.8. The van der Waals surface area contributed by atoms with Crippen molar-refractivity contribution in [3.63, 3.8) is 0 Å². The Labute approximate surface area is 204 Å². The van der Waals surface area contributed by atoms with Crippen molar-refractivity contribution >= 4 is 5.91 Å². The summed E-state index contributed by atoms with van der Waals surface area (Å²) in [5.74, 6) is 2.40. The van der Waals surface area contributed by atoms with Gasteiger partial charge < -0.3 is 23.6 Å². The highest BCUT2D eigenvalue weighted by atomic mass is 16.5. The standard InChI is InChI=1S/C27H27N3O5/c1-18-5-9-20(10-6-18)27-28-26(29-35-27)21-11-14-23(24(15-21)33-4)34-17-25(31)30(2)16-19-7-12-22(32-3)13-8-19/h5-15H,16-17H2,1-4H3. The normalized spacial score (nSPS) is 10.6. The molecule has 180 valence electrons. The Morgan fingerprint density at radius 3 is 2.31 bits per heavy atom. The molecule has 4 aromatic rings. The van der Waals surface area contributed by atoms with Crippen LogP contribution in [0.1, 0.15) is 11.1 Å². The molecule has 0 N–H and O–H groups in total. The number of likely N-dealkylation sites (N-methyl/N-ethyl adjacent to an activating group) is 1. The van der Waals surface area contributed by atoms with Gasteiger partial charge in [-0.3, -0.25) is 4.79 Å². The molecule has 0 saturated heterocycles. The lowest BCUT2D eigenvalue weighted by Crippen LogP contribution is -2.31. The smallest absolute Gasteiger partial charge is 0.260 e. The maximum atomic E-state index is 12.6. The van der Waals surface area contributed by atoms with E-state index in [2.05, 4.69) is 10.1 Å². The van der Waals surface area contributed by atoms with E-state index < -0.39 is 0 Å². The zero-order valence-electron chi connectivity index (χ0n) is 20.1. The highest BCUT2D eigenvalue weighted by Gasteiger charge is 2.16. The van der Waals surface area contributed by atoms with Crippen molar-refractivity contribution in [3.8, 4) is 40.1 Å². The molecular weight excluding hydrogens is 446 g/mol. The third kappa shape index (κ3) is 5.78. The van der Waals surface area contributed by atoms with E-state index in [4.69, 9.17) is 18.7 Å². The van der Waals surface area contributed by atoms with Crippen molar-refractivity contribution in [2.75, 3.05) is 27.9 Å². The molecule has 35 heavy (non-hydrogen) atoms. The fraction of sp³-hybridized carbons (Fsp3) is 0.222. The summed E-state index contributed by atoms with van der Waals surface area (Å²) in [6.07, 6.45) is 0. The summed E-state index contributed by atoms with van der Waals surface area (Å²) in [6, 6.07) is 20.7. The Kier molecular flexibility index (Phi) is 7.30. The Balaban J connectivity index is 1.40. The van der Waals surface area contributed by atoms with Crippen molar-refractivity contribution in [1.29, 1.82) is 0 Å². The van der Waals surface area contributed by atoms with Crippen molar-refractivity contribution in [2.24, 2.45) is 0 Å². The summed E-state index contributed by atoms with van der Waals surface area (Å²) in [5, 5.41) is 4.09. The summed E-state index contributed by atoms with van der Waals surface area (Å²) in [4.78, 5) is 18.7. The molecule has 0 spiro atoms. The minimum atomic E-state index is -0.159. The van der Waals surface area contributed by atoms with Crippen LogP contribution in [-0.4, -0.2) is 48.8 Å². The zero-order chi connectivity index (χ0) is 24.8. The first-order chi connectivity index (χ1) is 17.0. The van der Waals surface area contributed by atoms with Gasteiger partial charge in [-0.2, -0.15) is 4.98 Å². The van der Waals surface area contributed by atoms with Crippen molar-refractivity contribution in [2.45, 2.75) is 13.5 Å². The quantitative estimate of drug-likeness (QED) is 0.346. The van der Waals surface area contributed by atoms with Gasteiger partial charge in [0.05, 0.1) is 14.2 Å². The molecule has 8 heteroatoms. The summed E-state index contributed by atoms with van der Waals surface area (Å²) in [6.45, 7) is 2.36. The number of ether oxygens (including phenoxy) is 3. The average molecular weight is 474 g/mol. The van der Waals surface area contributed by atoms with Gasteiger partial charge in [0.2, 0.25) is 5.82 Å². The highest BCUT2D eigenvalue weighted by molar-refractivity contribution is 5.77. The van der Waals surface area contributed by atoms with Gasteiger partial charge in [-0.15, -0.1) is 0 Å². The largest absolute Gasteiger partial charge is 0.497 e. The van der Waals surface area contributed by atoms with E-state index in [0.29, 0.717) is 35.3 Å². The Bertz CT molecular complexity index is 1280. The van der Waals surface area contributed by atoms with Crippen molar-refractivity contribution in [1.82, 2.24) is 15.0 Å². The molecule has 0 bridgehead atoms. The number of amides is 1. The first-order valence-corrected chi connectivity index (χ1v) is 11.1. The average Bonchev–Trinajstić information content (AvgIpc) is 3.38. The Hall–Kier alpha value is -4.33. The van der Waals surface area contributed by atoms with Crippen LogP contribution in [0, 0.1) is 6.92 Å². The molecule has 0 radical (unpaired) electrons. The molecule has 3 aromatic carbocycles. The van der Waals surface area contributed by atoms with E-state index >= 15 is 0 Å². The van der Waals surface area contributed by atoms with Crippen LogP contribution in [0.5, 0.6) is 17.2 Å². The van der Waals surface area contributed by atoms with E-state index in [-0.39, 0.29) is 12.5 Å². The third-order valence-electron chi connectivity index (χ3n) is 5.50. The van der Waals surface area contributed by atoms with Gasteiger partial charge >= 0.3 is 0 Å². The lowest BCUT2D eigenvalue weighted by atomic mass is 10.1. The van der Waals surface area contributed by atoms with Crippen LogP contribution in [0.15, 0.2) is 71.3 Å². The fourth-order valence-electron chi connectivity index (χ4n) is 3.42. The van der Waals surface area contributed by atoms with Gasteiger partial charge in [-0.05, 0) is 55.0 Å². The number of carbonyl (C=O) groups excluding carboxylic acids is 1. The van der Waals surface area contributed by atoms with Gasteiger partial charge in [0.1, 0.15) is 5.75 Å². The van der Waals surface area contributed by atoms with Crippen LogP contribution in [0.2, 0.25) is 0 Å². The topological polar surface area (TPSA) is 86.9 Å². The van der Waals surface area contributed by atoms with Crippen LogP contribution in [0.25, 0.3) is 22.8 Å². The monoisotopic (exact) mass is 473 g/mol. The summed E-state index contributed by atoms with van der Waals surface area (Å²) in [7, 11) is 4.89. The molecule has 8 nitrogen and oxygen atoms in total. The van der Waals surface area contributed by atoms with E-state index in [9.17, 15) is 4.79 Å². The molecule has 0 aliphatic heterocycles. The molecule has 0 unspecified atom stereocenters. The second-order valence-electron chi connectivity index (χ2n) is 8.04. The van der Waals surface area contributed by atoms with Crippen LogP contribution in [0.3, 0.4) is 0 Å². The summed E-state index contributed by atoms with van der Waals surface area (Å²) < 4.78 is 21.8. The minimum Gasteiger partial charge on any atom is -0.497 e. The third-order valence-corrected chi connectivity index (χ3v) is 5.50. The molecular formula is C27H27N3O5. The molecule has 1 aromatic heterocycles. The van der Waals surface area contributed by atoms with Crippen LogP contribution in [-0.2, 0) is 11.3 Å². The first-order valence-electron chi connectivity index (χ1n) is 11.1. The SMILES string of the molecule is COc1ccc(CN(C)C(=O)COc2ccc(-c3noc(-c4ccc(C)cc4)n3)cc2OC)cc1. The maximum Gasteiger partial charge on any atom is 0.260 e. The second kappa shape index (κ2) is 10.7. The van der Waals surface area contributed by atoms with Crippen LogP contribution < -0.4 is 14.2 Å². The van der Waals surface area contributed by atoms with Gasteiger partial charge in [0.25, 0.3) is 11.8 Å². The molecule has 1 amide bonds. The molecule has 0 aliphatic rings. The van der Waals surface area contributed by atoms with E-state index in [0.717, 1.165) is 22.4 Å². The second-order valence-corrected chi connectivity index (χ2v) is 8.04. The number of carbonyl (C=O) groups is 1. The minimum absolute atomic E-state index is 0.123. The number of hydrogen-bond donors (Lipinski definition) is 0. The molecule has 4 rings (SSSR count). The predicted octanol–water partition coefficient (Wildman–Crippen LogP) is 4.77. The van der Waals surface area contributed by atoms with E-state index in [1.807, 2.05) is 55.5 Å². The molecule has 0 aliphatic carbocycles. The fourth-order valence-corrected chi connectivity index (χ4v) is 3.42. The number of hydrogen-bond acceptors (Lipinski definition) is 7. The number of nitrogens with zero attached hydrogens (tertiary/aromatic N) is 3. The van der Waals surface area contributed by atoms with Crippen LogP contribution >= 0.6 is 0 Å². The molecule has 0 fully saturated rings. The number of methoxy groups -OCH3 is 2. The van der Waals surface area contributed by atoms with Crippen molar-refractivity contribution < 1.29 is 23.5 Å². The van der Waals surface area contributed by atoms with Gasteiger partial charge in [-0.1, -0.05) is 35.0 Å². The zero-order valence-corrected chi connectivity index (χ0v) is 20.1. The number of rotatable bonds is 9. The van der Waals surface area contributed by atoms with Gasteiger partial charge in [0, 0.05) is 24.7 Å². The number of aryl methyl sites for hydroxylation is 1. The highest BCUT2D eigenvalue weighted by Crippen LogP contribution is 2.32. The molecule has 1 heterocycles. The molecule has 0 saturated carbocycles. The number of aromatic nitrogens is 2. The van der Waals surface area contributed by atoms with E-state index in [1.54, 1.807) is 37.3 Å². The lowest BCUT2D eigenvalue weighted by Gasteiger charge is -2.18. The number of benzene rings is 3. The maximum absolute atomic E-state index is 12.6. The van der Waals surface area contributed by atoms with Crippen molar-refractivity contribution in [3.05, 3.63) is 77.9 Å². The predicted molar refractivity (Wildman–Crippen MR) is 131 cm³/mol. The molecule has 0 atom stereocenters. The van der Waals surface area contributed by atoms with E-state index in [1.165, 1.54) is 7.11 Å². The summed E-state index contributed by atoms with van der Waals surface area (Å²) >= 11 is 0. The van der Waals surface area contributed by atoms with Gasteiger partial charge in [0.15, 0.2) is 18.1 Å². The van der Waals surface area contributed by atoms with Gasteiger partial charge in [-0.25, -0.2) is 0 Å². The lowest BCUT2D eigenvalue weighted by molar-refractivity contribution is -0.132. The Morgan fingerprint density at radius 2 is 1.63 bits per heavy atom. The summed E-state index contributed by atoms with van der Waals surface area (Å²) in [5.41, 5.74) is 3.70.